The average molecular weight is 1100 g/mol. The van der Waals surface area contributed by atoms with Crippen molar-refractivity contribution >= 4 is 87.2 Å². The lowest BCUT2D eigenvalue weighted by atomic mass is 9.80. The molecule has 13 rings (SSSR count). The maximum atomic E-state index is 11.1. The molecule has 4 aromatic heterocycles. The van der Waals surface area contributed by atoms with E-state index in [0.29, 0.717) is 5.56 Å². The largest absolute Gasteiger partial charge is 0.309 e. The molecule has 0 amide bonds. The molecule has 0 N–H and O–H groups in total. The zero-order valence-corrected chi connectivity index (χ0v) is 52.8. The number of aromatic nitrogens is 4. The number of fused-ring (bicyclic) bond motifs is 14. The van der Waals surface area contributed by atoms with Crippen molar-refractivity contribution < 1.29 is 0 Å². The summed E-state index contributed by atoms with van der Waals surface area (Å²) >= 11 is 0. The predicted octanol–water partition coefficient (Wildman–Crippen LogP) is 21.7. The molecule has 0 atom stereocenters. The highest BCUT2D eigenvalue weighted by Gasteiger charge is 2.30. The average Bonchev–Trinajstić information content (AvgIpc) is 1.59. The highest BCUT2D eigenvalue weighted by atomic mass is 15.0. The number of nitrogens with zero attached hydrogens (tertiary/aromatic N) is 5. The maximum Gasteiger partial charge on any atom is 0.0993 e. The first kappa shape index (κ1) is 54.9. The zero-order valence-electron chi connectivity index (χ0n) is 52.8. The molecule has 5 nitrogen and oxygen atoms in total. The minimum Gasteiger partial charge on any atom is -0.309 e. The van der Waals surface area contributed by atoms with Crippen LogP contribution in [-0.2, 0) is 32.5 Å². The number of hydrogen-bond donors (Lipinski definition) is 0. The lowest BCUT2D eigenvalue weighted by Gasteiger charge is -2.27. The zero-order chi connectivity index (χ0) is 59.7. The van der Waals surface area contributed by atoms with Crippen molar-refractivity contribution in [2.45, 2.75) is 157 Å². The van der Waals surface area contributed by atoms with Gasteiger partial charge >= 0.3 is 0 Å². The van der Waals surface area contributed by atoms with Crippen LogP contribution >= 0.6 is 0 Å². The van der Waals surface area contributed by atoms with Crippen molar-refractivity contribution in [2.75, 3.05) is 0 Å². The smallest absolute Gasteiger partial charge is 0.0993 e. The Morgan fingerprint density at radius 1 is 0.262 bits per heavy atom. The third kappa shape index (κ3) is 8.68. The van der Waals surface area contributed by atoms with Crippen molar-refractivity contribution in [3.63, 3.8) is 0 Å². The summed E-state index contributed by atoms with van der Waals surface area (Å²) < 4.78 is 9.99. The van der Waals surface area contributed by atoms with E-state index in [0.717, 1.165) is 44.5 Å². The van der Waals surface area contributed by atoms with E-state index in [4.69, 9.17) is 0 Å². The fourth-order valence-corrected chi connectivity index (χ4v) is 13.3. The van der Waals surface area contributed by atoms with E-state index in [2.05, 4.69) is 313 Å². The van der Waals surface area contributed by atoms with E-state index >= 15 is 0 Å². The molecule has 0 saturated carbocycles. The van der Waals surface area contributed by atoms with E-state index < -0.39 is 0 Å². The number of nitriles is 1. The van der Waals surface area contributed by atoms with Crippen LogP contribution in [0.4, 0.5) is 0 Å². The number of benzene rings is 9. The van der Waals surface area contributed by atoms with Crippen LogP contribution in [0, 0.1) is 11.3 Å². The van der Waals surface area contributed by atoms with Gasteiger partial charge < -0.3 is 18.3 Å². The molecular formula is C79H81N5. The second-order valence-corrected chi connectivity index (χ2v) is 30.4. The molecule has 13 aromatic rings. The topological polar surface area (TPSA) is 43.5 Å². The summed E-state index contributed by atoms with van der Waals surface area (Å²) in [7, 11) is 0. The molecule has 0 unspecified atom stereocenters. The number of hydrogen-bond acceptors (Lipinski definition) is 1. The summed E-state index contributed by atoms with van der Waals surface area (Å²) in [5.41, 5.74) is 21.3. The normalized spacial score (nSPS) is 13.3. The van der Waals surface area contributed by atoms with Gasteiger partial charge in [-0.2, -0.15) is 5.26 Å². The van der Waals surface area contributed by atoms with Crippen LogP contribution in [0.1, 0.15) is 164 Å². The Balaban J connectivity index is 1.17. The molecular weight excluding hydrogens is 1020 g/mol. The first-order valence-corrected chi connectivity index (χ1v) is 30.3. The van der Waals surface area contributed by atoms with Gasteiger partial charge in [0, 0.05) is 65.8 Å². The Bertz CT molecular complexity index is 4810. The van der Waals surface area contributed by atoms with Crippen LogP contribution in [-0.4, -0.2) is 18.3 Å². The molecule has 9 aromatic carbocycles. The third-order valence-electron chi connectivity index (χ3n) is 18.2. The van der Waals surface area contributed by atoms with Gasteiger partial charge in [-0.1, -0.05) is 197 Å². The molecule has 0 fully saturated rings. The van der Waals surface area contributed by atoms with Crippen molar-refractivity contribution in [3.05, 3.63) is 203 Å². The van der Waals surface area contributed by atoms with Crippen LogP contribution in [0.15, 0.2) is 164 Å². The number of para-hydroxylation sites is 2. The highest BCUT2D eigenvalue weighted by Crippen LogP contribution is 2.48. The van der Waals surface area contributed by atoms with Gasteiger partial charge in [0.05, 0.1) is 55.8 Å². The molecule has 0 saturated heterocycles. The van der Waals surface area contributed by atoms with Gasteiger partial charge in [-0.15, -0.1) is 0 Å². The van der Waals surface area contributed by atoms with Crippen LogP contribution in [0.25, 0.3) is 110 Å². The van der Waals surface area contributed by atoms with E-state index in [1.165, 1.54) is 98.8 Å². The SMILES string of the molecule is CC(C)(C)c1cc(-n2c3ccccc3c3c2ccc2c4ccc5c(c6ccccc6n5-c5cc(C#N)cc(-n6c7ccc(C(C)(C)C)cc7c7cc(C(C)(C)C)ccc76)c5)c4n(-c4cc(C(C)(C)C)cc(C(C)(C)C)c4)c23)cc(C(C)(C)C)c1. The summed E-state index contributed by atoms with van der Waals surface area (Å²) in [4.78, 5) is 0. The Kier molecular flexibility index (Phi) is 12.0. The summed E-state index contributed by atoms with van der Waals surface area (Å²) in [6, 6.07) is 65.2. The maximum absolute atomic E-state index is 11.1. The molecule has 422 valence electrons. The quantitative estimate of drug-likeness (QED) is 0.173. The molecule has 0 aliphatic heterocycles. The third-order valence-corrected chi connectivity index (χ3v) is 18.2. The van der Waals surface area contributed by atoms with Crippen LogP contribution in [0.5, 0.6) is 0 Å². The van der Waals surface area contributed by atoms with Crippen molar-refractivity contribution in [2.24, 2.45) is 0 Å². The lowest BCUT2D eigenvalue weighted by molar-refractivity contribution is 0.567. The van der Waals surface area contributed by atoms with Crippen LogP contribution < -0.4 is 0 Å². The first-order chi connectivity index (χ1) is 39.4. The second kappa shape index (κ2) is 18.3. The minimum absolute atomic E-state index is 0.0317. The van der Waals surface area contributed by atoms with Crippen molar-refractivity contribution in [1.29, 1.82) is 5.26 Å². The predicted molar refractivity (Wildman–Crippen MR) is 361 cm³/mol. The summed E-state index contributed by atoms with van der Waals surface area (Å²) in [6.07, 6.45) is 0. The van der Waals surface area contributed by atoms with Gasteiger partial charge in [0.15, 0.2) is 0 Å². The monoisotopic (exact) mass is 1100 g/mol. The van der Waals surface area contributed by atoms with Crippen molar-refractivity contribution in [3.8, 4) is 28.8 Å². The minimum atomic E-state index is -0.127. The molecule has 0 aliphatic carbocycles. The van der Waals surface area contributed by atoms with E-state index in [9.17, 15) is 5.26 Å². The molecule has 0 spiro atoms. The molecule has 84 heavy (non-hydrogen) atoms. The van der Waals surface area contributed by atoms with Crippen LogP contribution in [0.3, 0.4) is 0 Å². The van der Waals surface area contributed by atoms with Gasteiger partial charge in [-0.3, -0.25) is 0 Å². The molecule has 4 heterocycles. The molecule has 5 heteroatoms. The Morgan fingerprint density at radius 2 is 0.571 bits per heavy atom. The lowest BCUT2D eigenvalue weighted by Crippen LogP contribution is -2.17. The standard InChI is InChI=1S/C79H81N5/c1-74(2,3)48-27-31-66-62(43-48)63-44-49(75(4,5)6)28-32-67(63)81(66)54-35-47(46-80)36-55(45-54)82-64-25-21-19-23-60(64)70-68(82)33-29-58-59-30-34-69-71(73(59)84(72(58)70)57-41-52(78(13,14)15)38-53(42-57)79(16,17)18)61-24-20-22-26-65(61)83(69)56-39-50(76(7,8)9)37-51(40-56)77(10,11)12/h19-45H,1-18H3. The Hall–Kier alpha value is -8.33. The van der Waals surface area contributed by atoms with Gasteiger partial charge in [0.25, 0.3) is 0 Å². The molecule has 0 aliphatic rings. The summed E-state index contributed by atoms with van der Waals surface area (Å²) in [5, 5.41) is 20.7. The second-order valence-electron chi connectivity index (χ2n) is 30.4. The summed E-state index contributed by atoms with van der Waals surface area (Å²) in [5.74, 6) is 0. The fraction of sp³-hybridized carbons (Fsp3) is 0.304. The van der Waals surface area contributed by atoms with Crippen molar-refractivity contribution in [1.82, 2.24) is 18.3 Å². The van der Waals surface area contributed by atoms with E-state index in [-0.39, 0.29) is 32.5 Å². The highest BCUT2D eigenvalue weighted by molar-refractivity contribution is 6.31. The van der Waals surface area contributed by atoms with Gasteiger partial charge in [0.1, 0.15) is 0 Å². The van der Waals surface area contributed by atoms with Gasteiger partial charge in [-0.25, -0.2) is 0 Å². The number of rotatable bonds is 4. The summed E-state index contributed by atoms with van der Waals surface area (Å²) in [6.45, 7) is 41.8. The Morgan fingerprint density at radius 3 is 0.929 bits per heavy atom. The first-order valence-electron chi connectivity index (χ1n) is 30.3. The van der Waals surface area contributed by atoms with Gasteiger partial charge in [-0.05, 0) is 157 Å². The molecule has 0 radical (unpaired) electrons. The fourth-order valence-electron chi connectivity index (χ4n) is 13.3. The Labute approximate surface area is 496 Å². The van der Waals surface area contributed by atoms with E-state index in [1.807, 2.05) is 0 Å². The van der Waals surface area contributed by atoms with E-state index in [1.54, 1.807) is 0 Å². The molecule has 0 bridgehead atoms. The van der Waals surface area contributed by atoms with Gasteiger partial charge in [0.2, 0.25) is 0 Å². The van der Waals surface area contributed by atoms with Crippen LogP contribution in [0.2, 0.25) is 0 Å².